The smallest absolute Gasteiger partial charge is 0.306 e. The lowest BCUT2D eigenvalue weighted by molar-refractivity contribution is -0.167. The molecule has 0 radical (unpaired) electrons. The zero-order chi connectivity index (χ0) is 54.3. The third-order valence-electron chi connectivity index (χ3n) is 12.3. The van der Waals surface area contributed by atoms with Gasteiger partial charge in [-0.15, -0.1) is 0 Å². The van der Waals surface area contributed by atoms with Gasteiger partial charge in [0.1, 0.15) is 13.2 Å². The molecule has 0 N–H and O–H groups in total. The maximum atomic E-state index is 12.8. The van der Waals surface area contributed by atoms with Crippen LogP contribution in [-0.2, 0) is 28.6 Å². The summed E-state index contributed by atoms with van der Waals surface area (Å²) in [7, 11) is 0. The quantitative estimate of drug-likeness (QED) is 0.0261. The van der Waals surface area contributed by atoms with Crippen molar-refractivity contribution in [3.63, 3.8) is 0 Å². The minimum absolute atomic E-state index is 0.104. The molecular weight excluding hydrogens is 925 g/mol. The highest BCUT2D eigenvalue weighted by atomic mass is 16.6. The molecule has 75 heavy (non-hydrogen) atoms. The van der Waals surface area contributed by atoms with Gasteiger partial charge in [-0.1, -0.05) is 237 Å². The van der Waals surface area contributed by atoms with Gasteiger partial charge >= 0.3 is 17.9 Å². The SMILES string of the molecule is CC/C=C\C/C=C\C/C=C\C/C=C\C/C=C\C/C=C\C/C=C\C/C=C\C/C=C\CCCCCC(=O)OCC(COC(=O)CCCCCCC/C=C\CCC)OC(=O)CCCCCCC/C=C\C/C=C\CCCCCC. The fourth-order valence-corrected chi connectivity index (χ4v) is 7.76. The molecule has 0 aromatic rings. The van der Waals surface area contributed by atoms with E-state index >= 15 is 0 Å². The van der Waals surface area contributed by atoms with Crippen LogP contribution < -0.4 is 0 Å². The maximum Gasteiger partial charge on any atom is 0.306 e. The molecule has 0 amide bonds. The van der Waals surface area contributed by atoms with Gasteiger partial charge in [0.25, 0.3) is 0 Å². The van der Waals surface area contributed by atoms with Crippen LogP contribution in [0.25, 0.3) is 0 Å². The molecule has 0 fully saturated rings. The Morgan fingerprint density at radius 1 is 0.280 bits per heavy atom. The average Bonchev–Trinajstić information content (AvgIpc) is 3.41. The molecule has 0 bridgehead atoms. The standard InChI is InChI=1S/C69H110O6/c1-4-7-10-13-16-19-22-24-26-28-29-30-31-32-33-34-35-36-37-38-39-40-41-42-44-45-47-50-53-56-59-62-68(71)74-65-66(64-73-67(70)61-58-55-52-49-21-18-15-12-9-6-3)75-69(72)63-60-57-54-51-48-46-43-27-25-23-20-17-14-11-8-5-2/h7,10,12,15-16,19-20,23-24,26-27,29-30,32-33,35-36,38-39,41-43,45,47,66H,4-6,8-9,11,13-14,17-18,21-22,25,28,31,34,37,40,44,46,48-65H2,1-3H3/b10-7-,15-12-,19-16-,23-20-,26-24-,30-29-,33-32-,36-35-,39-38-,42-41-,43-27-,47-45-. The highest BCUT2D eigenvalue weighted by Gasteiger charge is 2.19. The topological polar surface area (TPSA) is 78.9 Å². The van der Waals surface area contributed by atoms with E-state index in [0.717, 1.165) is 167 Å². The molecule has 0 aromatic heterocycles. The van der Waals surface area contributed by atoms with Gasteiger partial charge in [0.15, 0.2) is 6.10 Å². The number of esters is 3. The molecule has 1 atom stereocenters. The van der Waals surface area contributed by atoms with Crippen molar-refractivity contribution in [1.29, 1.82) is 0 Å². The Morgan fingerprint density at radius 3 is 0.893 bits per heavy atom. The summed E-state index contributed by atoms with van der Waals surface area (Å²) in [6.07, 6.45) is 88.5. The van der Waals surface area contributed by atoms with Crippen LogP contribution in [0.1, 0.15) is 252 Å². The maximum absolute atomic E-state index is 12.8. The first-order valence-electron chi connectivity index (χ1n) is 30.3. The molecule has 0 saturated heterocycles. The molecule has 0 heterocycles. The lowest BCUT2D eigenvalue weighted by Crippen LogP contribution is -2.30. The number of carbonyl (C=O) groups is 3. The number of ether oxygens (including phenoxy) is 3. The first-order chi connectivity index (χ1) is 37.0. The third kappa shape index (κ3) is 60.0. The van der Waals surface area contributed by atoms with Crippen LogP contribution in [0.15, 0.2) is 146 Å². The lowest BCUT2D eigenvalue weighted by Gasteiger charge is -2.18. The molecular formula is C69H110O6. The van der Waals surface area contributed by atoms with Crippen LogP contribution in [0.3, 0.4) is 0 Å². The van der Waals surface area contributed by atoms with Gasteiger partial charge in [0.2, 0.25) is 0 Å². The van der Waals surface area contributed by atoms with Crippen molar-refractivity contribution >= 4 is 17.9 Å². The number of hydrogen-bond donors (Lipinski definition) is 0. The van der Waals surface area contributed by atoms with E-state index in [-0.39, 0.29) is 31.1 Å². The van der Waals surface area contributed by atoms with Crippen molar-refractivity contribution in [2.24, 2.45) is 0 Å². The fraction of sp³-hybridized carbons (Fsp3) is 0.609. The molecule has 422 valence electrons. The second kappa shape index (κ2) is 61.8. The average molecular weight is 1040 g/mol. The van der Waals surface area contributed by atoms with Crippen molar-refractivity contribution in [3.8, 4) is 0 Å². The van der Waals surface area contributed by atoms with Crippen molar-refractivity contribution in [1.82, 2.24) is 0 Å². The monoisotopic (exact) mass is 1030 g/mol. The van der Waals surface area contributed by atoms with E-state index in [1.165, 1.54) is 44.9 Å². The van der Waals surface area contributed by atoms with E-state index in [1.807, 2.05) is 0 Å². The van der Waals surface area contributed by atoms with Gasteiger partial charge in [0, 0.05) is 19.3 Å². The first-order valence-corrected chi connectivity index (χ1v) is 30.3. The van der Waals surface area contributed by atoms with Gasteiger partial charge in [-0.2, -0.15) is 0 Å². The van der Waals surface area contributed by atoms with E-state index < -0.39 is 6.10 Å². The summed E-state index contributed by atoms with van der Waals surface area (Å²) in [6, 6.07) is 0. The van der Waals surface area contributed by atoms with Gasteiger partial charge in [-0.3, -0.25) is 14.4 Å². The van der Waals surface area contributed by atoms with Crippen molar-refractivity contribution in [2.45, 2.75) is 258 Å². The molecule has 0 aliphatic heterocycles. The number of rotatable bonds is 53. The van der Waals surface area contributed by atoms with E-state index in [0.29, 0.717) is 19.3 Å². The van der Waals surface area contributed by atoms with Crippen molar-refractivity contribution in [2.75, 3.05) is 13.2 Å². The van der Waals surface area contributed by atoms with Crippen LogP contribution in [0.4, 0.5) is 0 Å². The van der Waals surface area contributed by atoms with Crippen LogP contribution in [0, 0.1) is 0 Å². The Hall–Kier alpha value is -4.71. The molecule has 6 nitrogen and oxygen atoms in total. The summed E-state index contributed by atoms with van der Waals surface area (Å²) in [5.41, 5.74) is 0. The van der Waals surface area contributed by atoms with Gasteiger partial charge in [-0.25, -0.2) is 0 Å². The fourth-order valence-electron chi connectivity index (χ4n) is 7.76. The first kappa shape index (κ1) is 70.3. The van der Waals surface area contributed by atoms with E-state index in [4.69, 9.17) is 14.2 Å². The minimum atomic E-state index is -0.808. The summed E-state index contributed by atoms with van der Waals surface area (Å²) in [5, 5.41) is 0. The summed E-state index contributed by atoms with van der Waals surface area (Å²) in [6.45, 7) is 6.39. The van der Waals surface area contributed by atoms with E-state index in [9.17, 15) is 14.4 Å². The minimum Gasteiger partial charge on any atom is -0.462 e. The Kier molecular flexibility index (Phi) is 58.0. The summed E-state index contributed by atoms with van der Waals surface area (Å²) < 4.78 is 16.8. The molecule has 6 heteroatoms. The molecule has 0 rings (SSSR count). The van der Waals surface area contributed by atoms with Crippen LogP contribution >= 0.6 is 0 Å². The third-order valence-corrected chi connectivity index (χ3v) is 12.3. The Bertz CT molecular complexity index is 1660. The highest BCUT2D eigenvalue weighted by Crippen LogP contribution is 2.13. The zero-order valence-corrected chi connectivity index (χ0v) is 48.3. The molecule has 0 saturated carbocycles. The number of unbranched alkanes of at least 4 members (excludes halogenated alkanes) is 18. The molecule has 0 aromatic carbocycles. The van der Waals surface area contributed by atoms with Crippen LogP contribution in [0.2, 0.25) is 0 Å². The van der Waals surface area contributed by atoms with Crippen molar-refractivity contribution in [3.05, 3.63) is 146 Å². The second-order valence-corrected chi connectivity index (χ2v) is 19.5. The Morgan fingerprint density at radius 2 is 0.547 bits per heavy atom. The van der Waals surface area contributed by atoms with Crippen LogP contribution in [0.5, 0.6) is 0 Å². The lowest BCUT2D eigenvalue weighted by atomic mass is 10.1. The van der Waals surface area contributed by atoms with E-state index in [2.05, 4.69) is 167 Å². The van der Waals surface area contributed by atoms with E-state index in [1.54, 1.807) is 0 Å². The zero-order valence-electron chi connectivity index (χ0n) is 48.3. The number of carbonyl (C=O) groups excluding carboxylic acids is 3. The molecule has 0 spiro atoms. The predicted molar refractivity (Wildman–Crippen MR) is 325 cm³/mol. The Labute approximate surface area is 461 Å². The summed E-state index contributed by atoms with van der Waals surface area (Å²) >= 11 is 0. The summed E-state index contributed by atoms with van der Waals surface area (Å²) in [5.74, 6) is -0.968. The molecule has 0 aliphatic carbocycles. The van der Waals surface area contributed by atoms with Gasteiger partial charge in [-0.05, 0) is 141 Å². The van der Waals surface area contributed by atoms with Gasteiger partial charge < -0.3 is 14.2 Å². The predicted octanol–water partition coefficient (Wildman–Crippen LogP) is 20.8. The normalized spacial score (nSPS) is 13.2. The molecule has 0 aliphatic rings. The number of hydrogen-bond acceptors (Lipinski definition) is 6. The van der Waals surface area contributed by atoms with Gasteiger partial charge in [0.05, 0.1) is 0 Å². The summed E-state index contributed by atoms with van der Waals surface area (Å²) in [4.78, 5) is 38.1. The largest absolute Gasteiger partial charge is 0.462 e. The van der Waals surface area contributed by atoms with Crippen LogP contribution in [-0.4, -0.2) is 37.2 Å². The second-order valence-electron chi connectivity index (χ2n) is 19.5. The van der Waals surface area contributed by atoms with Crippen molar-refractivity contribution < 1.29 is 28.6 Å². The molecule has 1 unspecified atom stereocenters. The number of allylic oxidation sites excluding steroid dienone is 24. The highest BCUT2D eigenvalue weighted by molar-refractivity contribution is 5.71. The Balaban J connectivity index is 4.36.